The Bertz CT molecular complexity index is 524. The second kappa shape index (κ2) is 6.25. The highest BCUT2D eigenvalue weighted by Gasteiger charge is 2.02. The van der Waals surface area contributed by atoms with Crippen LogP contribution in [0.2, 0.25) is 0 Å². The molecule has 0 bridgehead atoms. The van der Waals surface area contributed by atoms with E-state index < -0.39 is 0 Å². The SMILES string of the molecule is CCc1ccc(CNc2ccc(OC)c(Br)c2)s1. The molecule has 1 N–H and O–H groups in total. The van der Waals surface area contributed by atoms with Gasteiger partial charge in [0.25, 0.3) is 0 Å². The Morgan fingerprint density at radius 1 is 1.22 bits per heavy atom. The summed E-state index contributed by atoms with van der Waals surface area (Å²) in [6.45, 7) is 3.05. The lowest BCUT2D eigenvalue weighted by atomic mass is 10.3. The van der Waals surface area contributed by atoms with Gasteiger partial charge < -0.3 is 10.1 Å². The lowest BCUT2D eigenvalue weighted by Gasteiger charge is -2.08. The molecule has 0 amide bonds. The third-order valence-corrected chi connectivity index (χ3v) is 4.53. The molecule has 0 aliphatic heterocycles. The van der Waals surface area contributed by atoms with Gasteiger partial charge in [0, 0.05) is 22.0 Å². The summed E-state index contributed by atoms with van der Waals surface area (Å²) in [4.78, 5) is 2.79. The first-order valence-corrected chi connectivity index (χ1v) is 7.49. The second-order valence-corrected chi connectivity index (χ2v) is 6.03. The summed E-state index contributed by atoms with van der Waals surface area (Å²) in [6.07, 6.45) is 1.11. The normalized spacial score (nSPS) is 10.4. The van der Waals surface area contributed by atoms with Gasteiger partial charge in [0.05, 0.1) is 11.6 Å². The van der Waals surface area contributed by atoms with Crippen molar-refractivity contribution in [2.75, 3.05) is 12.4 Å². The smallest absolute Gasteiger partial charge is 0.133 e. The number of ether oxygens (including phenoxy) is 1. The van der Waals surface area contributed by atoms with Crippen molar-refractivity contribution < 1.29 is 4.74 Å². The van der Waals surface area contributed by atoms with Crippen molar-refractivity contribution in [1.29, 1.82) is 0 Å². The summed E-state index contributed by atoms with van der Waals surface area (Å²) >= 11 is 5.35. The largest absolute Gasteiger partial charge is 0.496 e. The van der Waals surface area contributed by atoms with Crippen molar-refractivity contribution in [2.24, 2.45) is 0 Å². The van der Waals surface area contributed by atoms with Crippen molar-refractivity contribution in [2.45, 2.75) is 19.9 Å². The van der Waals surface area contributed by atoms with Crippen LogP contribution in [0.15, 0.2) is 34.8 Å². The highest BCUT2D eigenvalue weighted by molar-refractivity contribution is 9.10. The number of hydrogen-bond acceptors (Lipinski definition) is 3. The topological polar surface area (TPSA) is 21.3 Å². The van der Waals surface area contributed by atoms with Crippen LogP contribution in [0.5, 0.6) is 5.75 Å². The van der Waals surface area contributed by atoms with Crippen LogP contribution < -0.4 is 10.1 Å². The van der Waals surface area contributed by atoms with Crippen molar-refractivity contribution in [3.63, 3.8) is 0 Å². The molecule has 2 rings (SSSR count). The fraction of sp³-hybridized carbons (Fsp3) is 0.286. The number of benzene rings is 1. The number of rotatable bonds is 5. The zero-order valence-corrected chi connectivity index (χ0v) is 12.9. The average Bonchev–Trinajstić information content (AvgIpc) is 2.84. The predicted molar refractivity (Wildman–Crippen MR) is 81.7 cm³/mol. The summed E-state index contributed by atoms with van der Waals surface area (Å²) in [7, 11) is 1.67. The third kappa shape index (κ3) is 3.27. The summed E-state index contributed by atoms with van der Waals surface area (Å²) in [5.74, 6) is 0.852. The Balaban J connectivity index is 1.99. The molecule has 18 heavy (non-hydrogen) atoms. The van der Waals surface area contributed by atoms with Gasteiger partial charge in [-0.25, -0.2) is 0 Å². The Morgan fingerprint density at radius 3 is 2.61 bits per heavy atom. The molecule has 0 aliphatic rings. The number of halogens is 1. The minimum Gasteiger partial charge on any atom is -0.496 e. The fourth-order valence-electron chi connectivity index (χ4n) is 1.67. The first-order chi connectivity index (χ1) is 8.72. The zero-order valence-electron chi connectivity index (χ0n) is 10.5. The Labute approximate surface area is 120 Å². The van der Waals surface area contributed by atoms with E-state index in [0.29, 0.717) is 0 Å². The van der Waals surface area contributed by atoms with Crippen LogP contribution in [0.25, 0.3) is 0 Å². The molecule has 0 saturated heterocycles. The molecule has 96 valence electrons. The maximum Gasteiger partial charge on any atom is 0.133 e. The maximum absolute atomic E-state index is 5.21. The van der Waals surface area contributed by atoms with E-state index >= 15 is 0 Å². The molecule has 1 heterocycles. The minimum atomic E-state index is 0.852. The number of nitrogens with one attached hydrogen (secondary N) is 1. The molecule has 0 aliphatic carbocycles. The van der Waals surface area contributed by atoms with E-state index in [1.807, 2.05) is 29.5 Å². The molecule has 0 fully saturated rings. The lowest BCUT2D eigenvalue weighted by Crippen LogP contribution is -1.97. The van der Waals surface area contributed by atoms with Gasteiger partial charge in [0.2, 0.25) is 0 Å². The summed E-state index contributed by atoms with van der Waals surface area (Å²) in [5.41, 5.74) is 1.09. The van der Waals surface area contributed by atoms with Gasteiger partial charge in [-0.05, 0) is 52.7 Å². The van der Waals surface area contributed by atoms with Crippen molar-refractivity contribution >= 4 is 33.0 Å². The molecule has 1 aromatic carbocycles. The summed E-state index contributed by atoms with van der Waals surface area (Å²) < 4.78 is 6.18. The van der Waals surface area contributed by atoms with Crippen molar-refractivity contribution in [1.82, 2.24) is 0 Å². The minimum absolute atomic E-state index is 0.852. The number of aryl methyl sites for hydroxylation is 1. The zero-order chi connectivity index (χ0) is 13.0. The van der Waals surface area contributed by atoms with Crippen molar-refractivity contribution in [3.05, 3.63) is 44.6 Å². The number of methoxy groups -OCH3 is 1. The lowest BCUT2D eigenvalue weighted by molar-refractivity contribution is 0.412. The molecular weight excluding hydrogens is 310 g/mol. The quantitative estimate of drug-likeness (QED) is 0.860. The molecule has 2 nitrogen and oxygen atoms in total. The molecular formula is C14H16BrNOS. The van der Waals surface area contributed by atoms with E-state index in [1.54, 1.807) is 7.11 Å². The van der Waals surface area contributed by atoms with E-state index in [0.717, 1.165) is 28.9 Å². The van der Waals surface area contributed by atoms with Gasteiger partial charge in [-0.15, -0.1) is 11.3 Å². The van der Waals surface area contributed by atoms with E-state index in [-0.39, 0.29) is 0 Å². The number of anilines is 1. The average molecular weight is 326 g/mol. The Hall–Kier alpha value is -1.000. The van der Waals surface area contributed by atoms with E-state index in [4.69, 9.17) is 4.74 Å². The van der Waals surface area contributed by atoms with Gasteiger partial charge >= 0.3 is 0 Å². The predicted octanol–water partition coefficient (Wildman–Crippen LogP) is 4.69. The monoisotopic (exact) mass is 325 g/mol. The van der Waals surface area contributed by atoms with Crippen LogP contribution in [-0.2, 0) is 13.0 Å². The molecule has 0 radical (unpaired) electrons. The highest BCUT2D eigenvalue weighted by atomic mass is 79.9. The second-order valence-electron chi connectivity index (χ2n) is 3.92. The van der Waals surface area contributed by atoms with E-state index in [9.17, 15) is 0 Å². The van der Waals surface area contributed by atoms with E-state index in [2.05, 4.69) is 40.3 Å². The van der Waals surface area contributed by atoms with Gasteiger partial charge in [0.15, 0.2) is 0 Å². The van der Waals surface area contributed by atoms with Crippen LogP contribution in [0, 0.1) is 0 Å². The number of hydrogen-bond donors (Lipinski definition) is 1. The van der Waals surface area contributed by atoms with Crippen LogP contribution in [0.3, 0.4) is 0 Å². The van der Waals surface area contributed by atoms with Crippen LogP contribution in [-0.4, -0.2) is 7.11 Å². The maximum atomic E-state index is 5.21. The molecule has 4 heteroatoms. The number of thiophene rings is 1. The standard InChI is InChI=1S/C14H16BrNOS/c1-3-11-5-6-12(18-11)9-16-10-4-7-14(17-2)13(15)8-10/h4-8,16H,3,9H2,1-2H3. The molecule has 1 aromatic heterocycles. The highest BCUT2D eigenvalue weighted by Crippen LogP contribution is 2.28. The molecule has 0 spiro atoms. The molecule has 0 saturated carbocycles. The summed E-state index contributed by atoms with van der Waals surface area (Å²) in [5, 5.41) is 3.42. The van der Waals surface area contributed by atoms with Gasteiger partial charge in [0.1, 0.15) is 5.75 Å². The Kier molecular flexibility index (Phi) is 4.66. The Morgan fingerprint density at radius 2 is 2.00 bits per heavy atom. The van der Waals surface area contributed by atoms with Gasteiger partial charge in [-0.1, -0.05) is 6.92 Å². The van der Waals surface area contributed by atoms with Crippen molar-refractivity contribution in [3.8, 4) is 5.75 Å². The third-order valence-electron chi connectivity index (χ3n) is 2.68. The molecule has 0 atom stereocenters. The summed E-state index contributed by atoms with van der Waals surface area (Å²) in [6, 6.07) is 10.4. The first-order valence-electron chi connectivity index (χ1n) is 5.88. The first kappa shape index (κ1) is 13.4. The van der Waals surface area contributed by atoms with Gasteiger partial charge in [-0.2, -0.15) is 0 Å². The van der Waals surface area contributed by atoms with E-state index in [1.165, 1.54) is 9.75 Å². The molecule has 0 unspecified atom stereocenters. The van der Waals surface area contributed by atoms with Crippen LogP contribution in [0.1, 0.15) is 16.7 Å². The van der Waals surface area contributed by atoms with Crippen LogP contribution in [0.4, 0.5) is 5.69 Å². The van der Waals surface area contributed by atoms with Gasteiger partial charge in [-0.3, -0.25) is 0 Å². The molecule has 2 aromatic rings. The van der Waals surface area contributed by atoms with Crippen LogP contribution >= 0.6 is 27.3 Å². The fourth-order valence-corrected chi connectivity index (χ4v) is 3.11.